The molecule has 0 saturated carbocycles. The molecule has 0 fully saturated rings. The van der Waals surface area contributed by atoms with E-state index in [1.54, 1.807) is 6.26 Å². The summed E-state index contributed by atoms with van der Waals surface area (Å²) in [7, 11) is 0. The number of hydrogen-bond acceptors (Lipinski definition) is 2. The number of rotatable bonds is 1. The van der Waals surface area contributed by atoms with E-state index in [0.29, 0.717) is 0 Å². The predicted octanol–water partition coefficient (Wildman–Crippen LogP) is 3.97. The normalized spacial score (nSPS) is 11.2. The SMILES string of the molecule is Cc1cc2occ(C)c2cc2c(C=O)ccc1-2. The van der Waals surface area contributed by atoms with Crippen LogP contribution >= 0.6 is 0 Å². The summed E-state index contributed by atoms with van der Waals surface area (Å²) >= 11 is 0. The Morgan fingerprint density at radius 2 is 1.88 bits per heavy atom. The van der Waals surface area contributed by atoms with E-state index < -0.39 is 0 Å². The van der Waals surface area contributed by atoms with Crippen LogP contribution < -0.4 is 0 Å². The zero-order valence-electron chi connectivity index (χ0n) is 9.78. The molecule has 0 atom stereocenters. The minimum absolute atomic E-state index is 0.737. The zero-order valence-corrected chi connectivity index (χ0v) is 9.78. The summed E-state index contributed by atoms with van der Waals surface area (Å²) in [5.74, 6) is 0. The highest BCUT2D eigenvalue weighted by Crippen LogP contribution is 2.33. The van der Waals surface area contributed by atoms with Gasteiger partial charge >= 0.3 is 0 Å². The van der Waals surface area contributed by atoms with Crippen LogP contribution in [0.5, 0.6) is 0 Å². The molecule has 0 N–H and O–H groups in total. The molecule has 84 valence electrons. The van der Waals surface area contributed by atoms with Gasteiger partial charge in [0.15, 0.2) is 6.29 Å². The van der Waals surface area contributed by atoms with Gasteiger partial charge in [-0.25, -0.2) is 0 Å². The maximum atomic E-state index is 11.0. The summed E-state index contributed by atoms with van der Waals surface area (Å²) in [6.45, 7) is 4.05. The van der Waals surface area contributed by atoms with Gasteiger partial charge in [-0.05, 0) is 48.2 Å². The van der Waals surface area contributed by atoms with Crippen molar-refractivity contribution in [2.75, 3.05) is 0 Å². The number of aryl methyl sites for hydroxylation is 2. The molecule has 0 amide bonds. The third-order valence-electron chi connectivity index (χ3n) is 3.27. The summed E-state index contributed by atoms with van der Waals surface area (Å²) < 4.78 is 5.52. The molecule has 2 nitrogen and oxygen atoms in total. The fraction of sp³-hybridized carbons (Fsp3) is 0.133. The number of carbonyl (C=O) groups excluding carboxylic acids is 1. The van der Waals surface area contributed by atoms with Gasteiger partial charge in [-0.1, -0.05) is 12.1 Å². The molecule has 2 aliphatic rings. The molecule has 2 aliphatic carbocycles. The number of carbonyl (C=O) groups is 1. The van der Waals surface area contributed by atoms with E-state index in [0.717, 1.165) is 45.1 Å². The maximum Gasteiger partial charge on any atom is 0.150 e. The molecule has 1 aromatic rings. The van der Waals surface area contributed by atoms with Gasteiger partial charge in [-0.2, -0.15) is 0 Å². The van der Waals surface area contributed by atoms with Crippen molar-refractivity contribution in [3.8, 4) is 11.1 Å². The first-order valence-corrected chi connectivity index (χ1v) is 5.57. The van der Waals surface area contributed by atoms with Crippen molar-refractivity contribution >= 4 is 17.3 Å². The number of aldehydes is 1. The van der Waals surface area contributed by atoms with E-state index >= 15 is 0 Å². The molecule has 2 heteroatoms. The second-order valence-corrected chi connectivity index (χ2v) is 4.40. The highest BCUT2D eigenvalue weighted by molar-refractivity contribution is 5.95. The summed E-state index contributed by atoms with van der Waals surface area (Å²) in [5.41, 5.74) is 5.93. The highest BCUT2D eigenvalue weighted by atomic mass is 16.3. The fourth-order valence-corrected chi connectivity index (χ4v) is 2.30. The summed E-state index contributed by atoms with van der Waals surface area (Å²) in [6, 6.07) is 7.92. The largest absolute Gasteiger partial charge is 0.464 e. The average molecular weight is 224 g/mol. The van der Waals surface area contributed by atoms with Crippen LogP contribution in [0.4, 0.5) is 0 Å². The van der Waals surface area contributed by atoms with E-state index in [-0.39, 0.29) is 0 Å². The Bertz CT molecular complexity index is 692. The molecule has 3 rings (SSSR count). The van der Waals surface area contributed by atoms with Crippen LogP contribution in [0.1, 0.15) is 21.5 Å². The summed E-state index contributed by atoms with van der Waals surface area (Å²) in [4.78, 5) is 11.0. The molecule has 0 bridgehead atoms. The number of hydrogen-bond donors (Lipinski definition) is 0. The van der Waals surface area contributed by atoms with Crippen molar-refractivity contribution < 1.29 is 9.21 Å². The molecule has 0 spiro atoms. The first kappa shape index (κ1) is 10.1. The molecule has 0 unspecified atom stereocenters. The van der Waals surface area contributed by atoms with Gasteiger partial charge in [0, 0.05) is 10.9 Å². The molecule has 17 heavy (non-hydrogen) atoms. The summed E-state index contributed by atoms with van der Waals surface area (Å²) in [6.07, 6.45) is 2.66. The van der Waals surface area contributed by atoms with E-state index in [1.165, 1.54) is 0 Å². The monoisotopic (exact) mass is 224 g/mol. The second kappa shape index (κ2) is 3.45. The van der Waals surface area contributed by atoms with Crippen LogP contribution in [0.25, 0.3) is 22.1 Å². The van der Waals surface area contributed by atoms with Gasteiger partial charge in [0.2, 0.25) is 0 Å². The Labute approximate surface area is 99.2 Å². The van der Waals surface area contributed by atoms with Crippen LogP contribution in [-0.2, 0) is 0 Å². The van der Waals surface area contributed by atoms with E-state index in [1.807, 2.05) is 38.1 Å². The Morgan fingerprint density at radius 1 is 1.06 bits per heavy atom. The molecule has 1 heterocycles. The van der Waals surface area contributed by atoms with E-state index in [9.17, 15) is 4.79 Å². The van der Waals surface area contributed by atoms with Crippen molar-refractivity contribution in [1.29, 1.82) is 0 Å². The van der Waals surface area contributed by atoms with Crippen molar-refractivity contribution in [3.05, 3.63) is 47.2 Å². The summed E-state index contributed by atoms with van der Waals surface area (Å²) in [5, 5.41) is 1.07. The number of furan rings is 1. The van der Waals surface area contributed by atoms with Crippen LogP contribution in [0.3, 0.4) is 0 Å². The topological polar surface area (TPSA) is 30.2 Å². The lowest BCUT2D eigenvalue weighted by Crippen LogP contribution is -1.79. The van der Waals surface area contributed by atoms with Crippen molar-refractivity contribution in [2.45, 2.75) is 13.8 Å². The van der Waals surface area contributed by atoms with Gasteiger partial charge < -0.3 is 4.42 Å². The fourth-order valence-electron chi connectivity index (χ4n) is 2.30. The quantitative estimate of drug-likeness (QED) is 0.585. The van der Waals surface area contributed by atoms with Gasteiger partial charge in [0.1, 0.15) is 5.58 Å². The molecular weight excluding hydrogens is 212 g/mol. The smallest absolute Gasteiger partial charge is 0.150 e. The lowest BCUT2D eigenvalue weighted by Gasteiger charge is -1.97. The average Bonchev–Trinajstić information content (AvgIpc) is 2.83. The maximum absolute atomic E-state index is 11.0. The van der Waals surface area contributed by atoms with Crippen molar-refractivity contribution in [1.82, 2.24) is 0 Å². The molecule has 0 saturated heterocycles. The lowest BCUT2D eigenvalue weighted by atomic mass is 10.1. The molecule has 0 aliphatic heterocycles. The van der Waals surface area contributed by atoms with Crippen LogP contribution in [0.15, 0.2) is 34.9 Å². The van der Waals surface area contributed by atoms with Crippen molar-refractivity contribution in [3.63, 3.8) is 0 Å². The van der Waals surface area contributed by atoms with Gasteiger partial charge in [-0.3, -0.25) is 4.79 Å². The minimum Gasteiger partial charge on any atom is -0.464 e. The Morgan fingerprint density at radius 3 is 2.65 bits per heavy atom. The first-order chi connectivity index (χ1) is 8.20. The van der Waals surface area contributed by atoms with Gasteiger partial charge in [-0.15, -0.1) is 0 Å². The Hall–Kier alpha value is -2.09. The molecular formula is C15H12O2. The van der Waals surface area contributed by atoms with E-state index in [4.69, 9.17) is 4.42 Å². The zero-order chi connectivity index (χ0) is 12.0. The first-order valence-electron chi connectivity index (χ1n) is 5.57. The minimum atomic E-state index is 0.737. The van der Waals surface area contributed by atoms with Crippen LogP contribution in [0, 0.1) is 13.8 Å². The second-order valence-electron chi connectivity index (χ2n) is 4.40. The molecule has 0 aromatic carbocycles. The van der Waals surface area contributed by atoms with Gasteiger partial charge in [0.25, 0.3) is 0 Å². The van der Waals surface area contributed by atoms with Gasteiger partial charge in [0.05, 0.1) is 6.26 Å². The molecule has 1 aromatic heterocycles. The van der Waals surface area contributed by atoms with Crippen LogP contribution in [0.2, 0.25) is 0 Å². The third kappa shape index (κ3) is 1.37. The van der Waals surface area contributed by atoms with Crippen LogP contribution in [-0.4, -0.2) is 6.29 Å². The van der Waals surface area contributed by atoms with Crippen molar-refractivity contribution in [2.24, 2.45) is 0 Å². The van der Waals surface area contributed by atoms with E-state index in [2.05, 4.69) is 0 Å². The highest BCUT2D eigenvalue weighted by Gasteiger charge is 2.13. The Kier molecular flexibility index (Phi) is 2.05. The molecule has 0 radical (unpaired) electrons. The Balaban J connectivity index is 2.52. The number of fused-ring (bicyclic) bond motifs is 2. The predicted molar refractivity (Wildman–Crippen MR) is 67.7 cm³/mol. The lowest BCUT2D eigenvalue weighted by molar-refractivity contribution is 0.112. The third-order valence-corrected chi connectivity index (χ3v) is 3.27. The standard InChI is InChI=1S/C15H12O2/c1-9-5-15-13(10(2)8-17-15)6-14-11(7-16)3-4-12(9)14/h3-8H,1-2H3.